The van der Waals surface area contributed by atoms with Crippen LogP contribution in [0.4, 0.5) is 0 Å². The zero-order valence-corrected chi connectivity index (χ0v) is 17.5. The number of aryl methyl sites for hydroxylation is 1. The molecule has 158 valence electrons. The average Bonchev–Trinajstić information content (AvgIpc) is 3.41. The SMILES string of the molecule is COc1cccc(-c2nn(Cc3ccccc3)cc2C(=O)OC(C)c2nnc(C)o2)c1. The monoisotopic (exact) mass is 418 g/mol. The Labute approximate surface area is 179 Å². The molecule has 0 aliphatic rings. The van der Waals surface area contributed by atoms with Crippen molar-refractivity contribution in [3.63, 3.8) is 0 Å². The number of aromatic nitrogens is 4. The molecule has 2 aromatic heterocycles. The van der Waals surface area contributed by atoms with Gasteiger partial charge in [-0.15, -0.1) is 10.2 Å². The van der Waals surface area contributed by atoms with Crippen LogP contribution in [0.1, 0.15) is 40.7 Å². The van der Waals surface area contributed by atoms with E-state index in [2.05, 4.69) is 15.3 Å². The molecule has 2 aromatic carbocycles. The summed E-state index contributed by atoms with van der Waals surface area (Å²) >= 11 is 0. The van der Waals surface area contributed by atoms with Crippen LogP contribution in [0.2, 0.25) is 0 Å². The van der Waals surface area contributed by atoms with Gasteiger partial charge in [0.15, 0.2) is 6.10 Å². The molecular weight excluding hydrogens is 396 g/mol. The lowest BCUT2D eigenvalue weighted by molar-refractivity contribution is 0.0277. The zero-order valence-electron chi connectivity index (χ0n) is 17.5. The van der Waals surface area contributed by atoms with Gasteiger partial charge in [-0.2, -0.15) is 5.10 Å². The summed E-state index contributed by atoms with van der Waals surface area (Å²) in [4.78, 5) is 13.1. The smallest absolute Gasteiger partial charge is 0.342 e. The molecule has 0 saturated carbocycles. The van der Waals surface area contributed by atoms with Crippen LogP contribution in [-0.2, 0) is 11.3 Å². The van der Waals surface area contributed by atoms with Crippen LogP contribution in [-0.4, -0.2) is 33.1 Å². The summed E-state index contributed by atoms with van der Waals surface area (Å²) in [6.45, 7) is 3.88. The third kappa shape index (κ3) is 4.63. The predicted molar refractivity (Wildman–Crippen MR) is 113 cm³/mol. The van der Waals surface area contributed by atoms with Crippen LogP contribution in [0.3, 0.4) is 0 Å². The van der Waals surface area contributed by atoms with Crippen LogP contribution in [0.25, 0.3) is 11.3 Å². The molecule has 0 fully saturated rings. The third-order valence-corrected chi connectivity index (χ3v) is 4.69. The minimum atomic E-state index is -0.690. The number of carbonyl (C=O) groups excluding carboxylic acids is 1. The highest BCUT2D eigenvalue weighted by Crippen LogP contribution is 2.28. The Hall–Kier alpha value is -3.94. The lowest BCUT2D eigenvalue weighted by Crippen LogP contribution is -2.10. The topological polar surface area (TPSA) is 92.3 Å². The molecule has 0 spiro atoms. The van der Waals surface area contributed by atoms with Crippen molar-refractivity contribution in [3.8, 4) is 17.0 Å². The Balaban J connectivity index is 1.67. The third-order valence-electron chi connectivity index (χ3n) is 4.69. The van der Waals surface area contributed by atoms with E-state index in [0.717, 1.165) is 11.1 Å². The molecule has 0 aliphatic carbocycles. The number of ether oxygens (including phenoxy) is 2. The van der Waals surface area contributed by atoms with Crippen LogP contribution in [0.5, 0.6) is 5.75 Å². The molecule has 2 heterocycles. The molecule has 31 heavy (non-hydrogen) atoms. The largest absolute Gasteiger partial charge is 0.497 e. The van der Waals surface area contributed by atoms with E-state index in [1.54, 1.807) is 31.8 Å². The first-order valence-corrected chi connectivity index (χ1v) is 9.80. The molecule has 0 bridgehead atoms. The molecule has 1 unspecified atom stereocenters. The highest BCUT2D eigenvalue weighted by molar-refractivity contribution is 5.96. The number of benzene rings is 2. The van der Waals surface area contributed by atoms with E-state index in [4.69, 9.17) is 13.9 Å². The van der Waals surface area contributed by atoms with Crippen molar-refractivity contribution in [2.24, 2.45) is 0 Å². The summed E-state index contributed by atoms with van der Waals surface area (Å²) in [5, 5.41) is 12.4. The number of nitrogens with zero attached hydrogens (tertiary/aromatic N) is 4. The lowest BCUT2D eigenvalue weighted by atomic mass is 10.1. The molecule has 4 rings (SSSR count). The summed E-state index contributed by atoms with van der Waals surface area (Å²) in [7, 11) is 1.59. The number of hydrogen-bond donors (Lipinski definition) is 0. The number of rotatable bonds is 7. The van der Waals surface area contributed by atoms with Gasteiger partial charge in [0.1, 0.15) is 17.0 Å². The maximum atomic E-state index is 13.1. The van der Waals surface area contributed by atoms with Gasteiger partial charge >= 0.3 is 5.97 Å². The van der Waals surface area contributed by atoms with Gasteiger partial charge in [0, 0.05) is 18.7 Å². The summed E-state index contributed by atoms with van der Waals surface area (Å²) < 4.78 is 18.0. The van der Waals surface area contributed by atoms with Crippen molar-refractivity contribution in [1.82, 2.24) is 20.0 Å². The van der Waals surface area contributed by atoms with E-state index in [0.29, 0.717) is 29.4 Å². The van der Waals surface area contributed by atoms with Crippen molar-refractivity contribution in [1.29, 1.82) is 0 Å². The van der Waals surface area contributed by atoms with E-state index in [-0.39, 0.29) is 5.89 Å². The summed E-state index contributed by atoms with van der Waals surface area (Å²) in [5.74, 6) is 0.792. The second-order valence-corrected chi connectivity index (χ2v) is 7.01. The predicted octanol–water partition coefficient (Wildman–Crippen LogP) is 4.22. The second kappa shape index (κ2) is 8.83. The van der Waals surface area contributed by atoms with E-state index >= 15 is 0 Å². The maximum Gasteiger partial charge on any atom is 0.342 e. The van der Waals surface area contributed by atoms with Gasteiger partial charge in [-0.05, 0) is 24.6 Å². The minimum absolute atomic E-state index is 0.241. The Morgan fingerprint density at radius 2 is 1.94 bits per heavy atom. The van der Waals surface area contributed by atoms with Crippen LogP contribution < -0.4 is 4.74 Å². The highest BCUT2D eigenvalue weighted by atomic mass is 16.6. The molecule has 8 nitrogen and oxygen atoms in total. The molecule has 4 aromatic rings. The fraction of sp³-hybridized carbons (Fsp3) is 0.217. The molecule has 0 saturated heterocycles. The first-order chi connectivity index (χ1) is 15.0. The summed E-state index contributed by atoms with van der Waals surface area (Å²) in [6, 6.07) is 17.3. The number of esters is 1. The van der Waals surface area contributed by atoms with Crippen LogP contribution in [0.15, 0.2) is 65.2 Å². The van der Waals surface area contributed by atoms with Crippen molar-refractivity contribution < 1.29 is 18.7 Å². The van der Waals surface area contributed by atoms with Crippen LogP contribution >= 0.6 is 0 Å². The van der Waals surface area contributed by atoms with Crippen molar-refractivity contribution in [3.05, 3.63) is 83.7 Å². The minimum Gasteiger partial charge on any atom is -0.497 e. The fourth-order valence-corrected chi connectivity index (χ4v) is 3.16. The normalized spacial score (nSPS) is 11.8. The van der Waals surface area contributed by atoms with E-state index < -0.39 is 12.1 Å². The van der Waals surface area contributed by atoms with Gasteiger partial charge in [-0.1, -0.05) is 42.5 Å². The second-order valence-electron chi connectivity index (χ2n) is 7.01. The van der Waals surface area contributed by atoms with Gasteiger partial charge in [0.05, 0.1) is 13.7 Å². The molecular formula is C23H22N4O4. The average molecular weight is 418 g/mol. The first-order valence-electron chi connectivity index (χ1n) is 9.80. The number of hydrogen-bond acceptors (Lipinski definition) is 7. The zero-order chi connectivity index (χ0) is 21.8. The number of methoxy groups -OCH3 is 1. The highest BCUT2D eigenvalue weighted by Gasteiger charge is 2.24. The Morgan fingerprint density at radius 3 is 2.65 bits per heavy atom. The van der Waals surface area contributed by atoms with E-state index in [1.165, 1.54) is 0 Å². The van der Waals surface area contributed by atoms with Gasteiger partial charge in [0.25, 0.3) is 5.89 Å². The van der Waals surface area contributed by atoms with Crippen molar-refractivity contribution >= 4 is 5.97 Å². The first kappa shape index (κ1) is 20.3. The van der Waals surface area contributed by atoms with Gasteiger partial charge in [-0.3, -0.25) is 4.68 Å². The van der Waals surface area contributed by atoms with Crippen LogP contribution in [0, 0.1) is 6.92 Å². The quantitative estimate of drug-likeness (QED) is 0.415. The Bertz CT molecular complexity index is 1180. The lowest BCUT2D eigenvalue weighted by Gasteiger charge is -2.09. The summed E-state index contributed by atoms with van der Waals surface area (Å²) in [5.41, 5.74) is 2.66. The maximum absolute atomic E-state index is 13.1. The van der Waals surface area contributed by atoms with Crippen molar-refractivity contribution in [2.45, 2.75) is 26.5 Å². The molecule has 0 aliphatic heterocycles. The van der Waals surface area contributed by atoms with Gasteiger partial charge in [-0.25, -0.2) is 4.79 Å². The number of carbonyl (C=O) groups is 1. The molecule has 0 radical (unpaired) electrons. The molecule has 0 amide bonds. The fourth-order valence-electron chi connectivity index (χ4n) is 3.16. The Morgan fingerprint density at radius 1 is 1.13 bits per heavy atom. The molecule has 1 atom stereocenters. The van der Waals surface area contributed by atoms with E-state index in [9.17, 15) is 4.79 Å². The van der Waals surface area contributed by atoms with Gasteiger partial charge < -0.3 is 13.9 Å². The van der Waals surface area contributed by atoms with Gasteiger partial charge in [0.2, 0.25) is 5.89 Å². The Kier molecular flexibility index (Phi) is 5.79. The molecule has 8 heteroatoms. The molecule has 0 N–H and O–H groups in total. The summed E-state index contributed by atoms with van der Waals surface area (Å²) in [6.07, 6.45) is 1.000. The van der Waals surface area contributed by atoms with Crippen molar-refractivity contribution in [2.75, 3.05) is 7.11 Å². The van der Waals surface area contributed by atoms with E-state index in [1.807, 2.05) is 54.6 Å². The standard InChI is InChI=1S/C23H22N4O4/c1-15(22-25-24-16(2)31-22)30-23(28)20-14-27(13-17-8-5-4-6-9-17)26-21(20)18-10-7-11-19(12-18)29-3/h4-12,14-15H,13H2,1-3H3.